The minimum atomic E-state index is -0.273. The van der Waals surface area contributed by atoms with Gasteiger partial charge < -0.3 is 14.7 Å². The highest BCUT2D eigenvalue weighted by Crippen LogP contribution is 2.42. The van der Waals surface area contributed by atoms with Crippen molar-refractivity contribution in [3.8, 4) is 0 Å². The van der Waals surface area contributed by atoms with E-state index in [0.717, 1.165) is 28.2 Å². The van der Waals surface area contributed by atoms with E-state index >= 15 is 0 Å². The third-order valence-corrected chi connectivity index (χ3v) is 4.62. The minimum absolute atomic E-state index is 0.0574. The summed E-state index contributed by atoms with van der Waals surface area (Å²) in [5, 5.41) is 10.1. The van der Waals surface area contributed by atoms with E-state index in [1.54, 1.807) is 19.2 Å². The summed E-state index contributed by atoms with van der Waals surface area (Å²) in [4.78, 5) is 2.22. The van der Waals surface area contributed by atoms with Crippen LogP contribution in [0.1, 0.15) is 33.3 Å². The molecule has 24 heavy (non-hydrogen) atoms. The Hall–Kier alpha value is -1.81. The van der Waals surface area contributed by atoms with Crippen molar-refractivity contribution in [2.45, 2.75) is 33.7 Å². The van der Waals surface area contributed by atoms with Gasteiger partial charge in [0.25, 0.3) is 0 Å². The highest BCUT2D eigenvalue weighted by molar-refractivity contribution is 5.82. The first-order chi connectivity index (χ1) is 11.3. The van der Waals surface area contributed by atoms with Crippen molar-refractivity contribution in [2.75, 3.05) is 20.8 Å². The Kier molecular flexibility index (Phi) is 5.70. The van der Waals surface area contributed by atoms with Crippen LogP contribution in [0.15, 0.2) is 41.3 Å². The van der Waals surface area contributed by atoms with Crippen LogP contribution >= 0.6 is 0 Å². The molecule has 1 aliphatic heterocycles. The second-order valence-corrected chi connectivity index (χ2v) is 6.94. The fourth-order valence-electron chi connectivity index (χ4n) is 3.80. The molecule has 132 valence electrons. The van der Waals surface area contributed by atoms with Gasteiger partial charge in [-0.2, -0.15) is 0 Å². The van der Waals surface area contributed by atoms with Gasteiger partial charge in [-0.15, -0.1) is 0 Å². The largest absolute Gasteiger partial charge is 0.494 e. The number of hydrogen-bond acceptors (Lipinski definition) is 3. The number of ether oxygens (including phenoxy) is 1. The molecule has 0 radical (unpaired) electrons. The fraction of sp³-hybridized carbons (Fsp3) is 0.500. The molecule has 1 atom stereocenters. The summed E-state index contributed by atoms with van der Waals surface area (Å²) in [5.74, 6) is 1.08. The third kappa shape index (κ3) is 3.20. The average Bonchev–Trinajstić information content (AvgIpc) is 2.53. The van der Waals surface area contributed by atoms with Crippen molar-refractivity contribution in [1.82, 2.24) is 4.90 Å². The van der Waals surface area contributed by atoms with Crippen LogP contribution in [0.3, 0.4) is 0 Å². The molecule has 0 saturated heterocycles. The lowest BCUT2D eigenvalue weighted by Crippen LogP contribution is -2.43. The van der Waals surface area contributed by atoms with E-state index in [1.165, 1.54) is 12.1 Å². The van der Waals surface area contributed by atoms with Crippen molar-refractivity contribution in [1.29, 1.82) is 0 Å². The molecule has 0 saturated carbocycles. The van der Waals surface area contributed by atoms with E-state index in [9.17, 15) is 9.50 Å². The third-order valence-electron chi connectivity index (χ3n) is 4.62. The normalized spacial score (nSPS) is 18.9. The van der Waals surface area contributed by atoms with Crippen molar-refractivity contribution in [3.63, 3.8) is 0 Å². The lowest BCUT2D eigenvalue weighted by molar-refractivity contribution is 0.192. The maximum absolute atomic E-state index is 13.4. The lowest BCUT2D eigenvalue weighted by Gasteiger charge is -2.43. The highest BCUT2D eigenvalue weighted by Gasteiger charge is 2.36. The Morgan fingerprint density at radius 2 is 1.75 bits per heavy atom. The number of halogens is 1. The molecular formula is C20H28FNO2. The van der Waals surface area contributed by atoms with Crippen molar-refractivity contribution in [2.24, 2.45) is 11.8 Å². The Bertz CT molecular complexity index is 644. The number of allylic oxidation sites excluding steroid dienone is 2. The SMILES string of the molecule is COC1=C(C(C)C)N(C)[C@@H](C(C)C)C(CO)=C1c1ccc(F)cc1. The Morgan fingerprint density at radius 3 is 2.17 bits per heavy atom. The van der Waals surface area contributed by atoms with Gasteiger partial charge in [0.15, 0.2) is 0 Å². The lowest BCUT2D eigenvalue weighted by atomic mass is 9.82. The van der Waals surface area contributed by atoms with E-state index < -0.39 is 0 Å². The molecule has 0 spiro atoms. The zero-order valence-electron chi connectivity index (χ0n) is 15.4. The maximum Gasteiger partial charge on any atom is 0.146 e. The molecule has 4 heteroatoms. The number of aliphatic hydroxyl groups excluding tert-OH is 1. The smallest absolute Gasteiger partial charge is 0.146 e. The van der Waals surface area contributed by atoms with Crippen LogP contribution in [-0.4, -0.2) is 36.8 Å². The number of likely N-dealkylation sites (N-methyl/N-ethyl adjacent to an activating group) is 1. The Labute approximate surface area is 144 Å². The molecule has 3 nitrogen and oxygen atoms in total. The van der Waals surface area contributed by atoms with Crippen LogP contribution in [0.4, 0.5) is 4.39 Å². The molecule has 1 aliphatic rings. The summed E-state index contributed by atoms with van der Waals surface area (Å²) in [6.45, 7) is 8.50. The van der Waals surface area contributed by atoms with E-state index in [4.69, 9.17) is 4.74 Å². The molecule has 1 aromatic carbocycles. The first-order valence-electron chi connectivity index (χ1n) is 8.44. The summed E-state index contributed by atoms with van der Waals surface area (Å²) in [5.41, 5.74) is 3.78. The summed E-state index contributed by atoms with van der Waals surface area (Å²) in [6.07, 6.45) is 0. The Balaban J connectivity index is 2.78. The summed E-state index contributed by atoms with van der Waals surface area (Å²) < 4.78 is 19.1. The van der Waals surface area contributed by atoms with E-state index in [-0.39, 0.29) is 24.4 Å². The van der Waals surface area contributed by atoms with Gasteiger partial charge in [0.1, 0.15) is 11.6 Å². The van der Waals surface area contributed by atoms with Gasteiger partial charge in [-0.05, 0) is 35.1 Å². The van der Waals surface area contributed by atoms with Crippen molar-refractivity contribution in [3.05, 3.63) is 52.7 Å². The number of hydrogen-bond donors (Lipinski definition) is 1. The van der Waals surface area contributed by atoms with Gasteiger partial charge >= 0.3 is 0 Å². The first kappa shape index (κ1) is 18.5. The van der Waals surface area contributed by atoms with Crippen molar-refractivity contribution >= 4 is 5.57 Å². The summed E-state index contributed by atoms with van der Waals surface area (Å²) in [6, 6.07) is 6.47. The molecule has 2 rings (SSSR count). The van der Waals surface area contributed by atoms with Gasteiger partial charge in [0, 0.05) is 12.6 Å². The minimum Gasteiger partial charge on any atom is -0.494 e. The molecule has 0 aliphatic carbocycles. The molecule has 1 aromatic rings. The van der Waals surface area contributed by atoms with Gasteiger partial charge in [-0.25, -0.2) is 4.39 Å². The van der Waals surface area contributed by atoms with Gasteiger partial charge in [-0.1, -0.05) is 39.8 Å². The second-order valence-electron chi connectivity index (χ2n) is 6.94. The quantitative estimate of drug-likeness (QED) is 0.882. The fourth-order valence-corrected chi connectivity index (χ4v) is 3.80. The number of methoxy groups -OCH3 is 1. The second kappa shape index (κ2) is 7.39. The predicted octanol–water partition coefficient (Wildman–Crippen LogP) is 4.06. The van der Waals surface area contributed by atoms with E-state index in [1.807, 2.05) is 0 Å². The van der Waals surface area contributed by atoms with Crippen LogP contribution in [-0.2, 0) is 4.74 Å². The molecule has 1 heterocycles. The molecule has 0 aromatic heterocycles. The van der Waals surface area contributed by atoms with E-state index in [2.05, 4.69) is 39.6 Å². The molecule has 0 fully saturated rings. The zero-order valence-corrected chi connectivity index (χ0v) is 15.4. The van der Waals surface area contributed by atoms with Gasteiger partial charge in [-0.3, -0.25) is 0 Å². The van der Waals surface area contributed by atoms with Crippen LogP contribution in [0.5, 0.6) is 0 Å². The molecule has 0 amide bonds. The number of aliphatic hydroxyl groups is 1. The summed E-state index contributed by atoms with van der Waals surface area (Å²) >= 11 is 0. The number of rotatable bonds is 5. The van der Waals surface area contributed by atoms with Crippen LogP contribution in [0.25, 0.3) is 5.57 Å². The van der Waals surface area contributed by atoms with Crippen LogP contribution in [0, 0.1) is 17.7 Å². The summed E-state index contributed by atoms with van der Waals surface area (Å²) in [7, 11) is 3.70. The average molecular weight is 333 g/mol. The number of nitrogens with zero attached hydrogens (tertiary/aromatic N) is 1. The molecule has 1 N–H and O–H groups in total. The van der Waals surface area contributed by atoms with E-state index in [0.29, 0.717) is 5.92 Å². The van der Waals surface area contributed by atoms with Gasteiger partial charge in [0.05, 0.1) is 25.5 Å². The Morgan fingerprint density at radius 1 is 1.17 bits per heavy atom. The predicted molar refractivity (Wildman–Crippen MR) is 95.7 cm³/mol. The van der Waals surface area contributed by atoms with Crippen molar-refractivity contribution < 1.29 is 14.2 Å². The van der Waals surface area contributed by atoms with Gasteiger partial charge in [0.2, 0.25) is 0 Å². The molecule has 0 bridgehead atoms. The monoisotopic (exact) mass is 333 g/mol. The topological polar surface area (TPSA) is 32.7 Å². The number of benzene rings is 1. The van der Waals surface area contributed by atoms with Crippen LogP contribution < -0.4 is 0 Å². The first-order valence-corrected chi connectivity index (χ1v) is 8.44. The van der Waals surface area contributed by atoms with Crippen LogP contribution in [0.2, 0.25) is 0 Å². The zero-order chi connectivity index (χ0) is 18.0. The standard InChI is InChI=1S/C20H28FNO2/c1-12(2)18-16(11-23)17(14-7-9-15(21)10-8-14)20(24-6)19(13(3)4)22(18)5/h7-10,12-13,18,23H,11H2,1-6H3/t18-/m0/s1. The molecule has 0 unspecified atom stereocenters. The maximum atomic E-state index is 13.4. The molecular weight excluding hydrogens is 305 g/mol. The highest BCUT2D eigenvalue weighted by atomic mass is 19.1.